The van der Waals surface area contributed by atoms with Gasteiger partial charge in [0.1, 0.15) is 0 Å². The molecule has 2 aromatic rings. The van der Waals surface area contributed by atoms with Crippen LogP contribution in [0.25, 0.3) is 0 Å². The number of piperazine rings is 1. The molecule has 4 nitrogen and oxygen atoms in total. The second-order valence-corrected chi connectivity index (χ2v) is 7.42. The minimum absolute atomic E-state index is 0.0473. The predicted molar refractivity (Wildman–Crippen MR) is 107 cm³/mol. The second kappa shape index (κ2) is 8.02. The van der Waals surface area contributed by atoms with Crippen molar-refractivity contribution in [3.05, 3.63) is 58.1 Å². The average Bonchev–Trinajstić information content (AvgIpc) is 2.59. The zero-order valence-electron chi connectivity index (χ0n) is 14.8. The number of carbonyl (C=O) groups is 1. The van der Waals surface area contributed by atoms with Crippen LogP contribution in [0.5, 0.6) is 0 Å². The standard InChI is InChI=1S/C20H24BrN3O/c1-15-5-3-4-6-19(15)24-11-9-23(10-12-24)14-20(25)22-17-7-8-18(21)16(2)13-17/h3-8,13H,9-12,14H2,1-2H3,(H,22,25). The van der Waals surface area contributed by atoms with Crippen molar-refractivity contribution < 1.29 is 4.79 Å². The molecule has 1 saturated heterocycles. The van der Waals surface area contributed by atoms with E-state index in [-0.39, 0.29) is 5.91 Å². The highest BCUT2D eigenvalue weighted by molar-refractivity contribution is 9.10. The van der Waals surface area contributed by atoms with Crippen LogP contribution in [-0.4, -0.2) is 43.5 Å². The molecule has 2 aromatic carbocycles. The molecule has 25 heavy (non-hydrogen) atoms. The van der Waals surface area contributed by atoms with Crippen LogP contribution in [0, 0.1) is 13.8 Å². The third-order valence-electron chi connectivity index (χ3n) is 4.64. The molecule has 0 unspecified atom stereocenters. The fourth-order valence-corrected chi connectivity index (χ4v) is 3.44. The van der Waals surface area contributed by atoms with E-state index in [1.54, 1.807) is 0 Å². The van der Waals surface area contributed by atoms with E-state index in [4.69, 9.17) is 0 Å². The summed E-state index contributed by atoms with van der Waals surface area (Å²) in [6, 6.07) is 14.4. The minimum atomic E-state index is 0.0473. The zero-order valence-corrected chi connectivity index (χ0v) is 16.3. The normalized spacial score (nSPS) is 15.2. The Kier molecular flexibility index (Phi) is 5.76. The Balaban J connectivity index is 1.51. The van der Waals surface area contributed by atoms with Crippen molar-refractivity contribution in [2.45, 2.75) is 13.8 Å². The van der Waals surface area contributed by atoms with Crippen molar-refractivity contribution in [1.29, 1.82) is 0 Å². The van der Waals surface area contributed by atoms with Crippen LogP contribution in [0.2, 0.25) is 0 Å². The van der Waals surface area contributed by atoms with E-state index in [1.165, 1.54) is 11.3 Å². The maximum atomic E-state index is 12.3. The Bertz CT molecular complexity index is 754. The molecule has 0 spiro atoms. The van der Waals surface area contributed by atoms with E-state index in [2.05, 4.69) is 62.2 Å². The Labute approximate surface area is 158 Å². The Hall–Kier alpha value is -1.85. The lowest BCUT2D eigenvalue weighted by molar-refractivity contribution is -0.117. The molecule has 1 fully saturated rings. The topological polar surface area (TPSA) is 35.6 Å². The molecular formula is C20H24BrN3O. The van der Waals surface area contributed by atoms with Crippen LogP contribution >= 0.6 is 15.9 Å². The molecule has 0 bridgehead atoms. The quantitative estimate of drug-likeness (QED) is 0.845. The van der Waals surface area contributed by atoms with Gasteiger partial charge in [-0.3, -0.25) is 9.69 Å². The van der Waals surface area contributed by atoms with Crippen molar-refractivity contribution in [3.8, 4) is 0 Å². The van der Waals surface area contributed by atoms with E-state index in [9.17, 15) is 4.79 Å². The Morgan fingerprint density at radius 2 is 1.76 bits per heavy atom. The molecule has 1 N–H and O–H groups in total. The van der Waals surface area contributed by atoms with Gasteiger partial charge in [-0.1, -0.05) is 34.1 Å². The fraction of sp³-hybridized carbons (Fsp3) is 0.350. The molecule has 5 heteroatoms. The van der Waals surface area contributed by atoms with Gasteiger partial charge in [0.2, 0.25) is 5.91 Å². The molecule has 1 aliphatic heterocycles. The highest BCUT2D eigenvalue weighted by atomic mass is 79.9. The van der Waals surface area contributed by atoms with Crippen LogP contribution in [0.15, 0.2) is 46.9 Å². The van der Waals surface area contributed by atoms with Gasteiger partial charge in [0.15, 0.2) is 0 Å². The molecule has 0 aliphatic carbocycles. The molecule has 0 atom stereocenters. The molecule has 3 rings (SSSR count). The summed E-state index contributed by atoms with van der Waals surface area (Å²) in [5.41, 5.74) is 4.57. The van der Waals surface area contributed by atoms with Gasteiger partial charge >= 0.3 is 0 Å². The van der Waals surface area contributed by atoms with Crippen LogP contribution in [0.1, 0.15) is 11.1 Å². The predicted octanol–water partition coefficient (Wildman–Crippen LogP) is 3.83. The van der Waals surface area contributed by atoms with Gasteiger partial charge < -0.3 is 10.2 Å². The Morgan fingerprint density at radius 3 is 2.44 bits per heavy atom. The summed E-state index contributed by atoms with van der Waals surface area (Å²) in [5.74, 6) is 0.0473. The van der Waals surface area contributed by atoms with Crippen LogP contribution < -0.4 is 10.2 Å². The molecule has 1 aliphatic rings. The number of benzene rings is 2. The molecule has 1 heterocycles. The summed E-state index contributed by atoms with van der Waals surface area (Å²) in [5, 5.41) is 2.99. The van der Waals surface area contributed by atoms with E-state index < -0.39 is 0 Å². The second-order valence-electron chi connectivity index (χ2n) is 6.56. The van der Waals surface area contributed by atoms with Crippen molar-refractivity contribution in [3.63, 3.8) is 0 Å². The maximum absolute atomic E-state index is 12.3. The number of halogens is 1. The summed E-state index contributed by atoms with van der Waals surface area (Å²) in [4.78, 5) is 16.9. The number of aryl methyl sites for hydroxylation is 2. The highest BCUT2D eigenvalue weighted by Crippen LogP contribution is 2.21. The summed E-state index contributed by atoms with van der Waals surface area (Å²) in [7, 11) is 0. The Morgan fingerprint density at radius 1 is 1.04 bits per heavy atom. The van der Waals surface area contributed by atoms with E-state index in [0.29, 0.717) is 6.54 Å². The number of nitrogens with one attached hydrogen (secondary N) is 1. The monoisotopic (exact) mass is 401 g/mol. The van der Waals surface area contributed by atoms with Gasteiger partial charge in [-0.15, -0.1) is 0 Å². The first kappa shape index (κ1) is 18.0. The highest BCUT2D eigenvalue weighted by Gasteiger charge is 2.20. The summed E-state index contributed by atoms with van der Waals surface area (Å²) in [6.07, 6.45) is 0. The lowest BCUT2D eigenvalue weighted by atomic mass is 10.1. The largest absolute Gasteiger partial charge is 0.369 e. The first-order valence-electron chi connectivity index (χ1n) is 8.62. The molecule has 0 radical (unpaired) electrons. The molecule has 1 amide bonds. The molecule has 0 aromatic heterocycles. The van der Waals surface area contributed by atoms with Crippen molar-refractivity contribution in [1.82, 2.24) is 4.90 Å². The van der Waals surface area contributed by atoms with Crippen molar-refractivity contribution >= 4 is 33.2 Å². The maximum Gasteiger partial charge on any atom is 0.238 e. The van der Waals surface area contributed by atoms with Gasteiger partial charge in [0.05, 0.1) is 6.54 Å². The summed E-state index contributed by atoms with van der Waals surface area (Å²) < 4.78 is 1.05. The van der Waals surface area contributed by atoms with Gasteiger partial charge in [0, 0.05) is 42.0 Å². The van der Waals surface area contributed by atoms with Gasteiger partial charge in [-0.05, 0) is 49.2 Å². The van der Waals surface area contributed by atoms with E-state index in [1.807, 2.05) is 25.1 Å². The first-order chi connectivity index (χ1) is 12.0. The number of carbonyl (C=O) groups excluding carboxylic acids is 1. The SMILES string of the molecule is Cc1cc(NC(=O)CN2CCN(c3ccccc3C)CC2)ccc1Br. The summed E-state index contributed by atoms with van der Waals surface area (Å²) >= 11 is 3.48. The van der Waals surface area contributed by atoms with Crippen LogP contribution in [-0.2, 0) is 4.79 Å². The van der Waals surface area contributed by atoms with E-state index >= 15 is 0 Å². The number of hydrogen-bond donors (Lipinski definition) is 1. The smallest absolute Gasteiger partial charge is 0.238 e. The summed E-state index contributed by atoms with van der Waals surface area (Å²) in [6.45, 7) is 8.32. The number of amides is 1. The van der Waals surface area contributed by atoms with Gasteiger partial charge in [-0.25, -0.2) is 0 Å². The molecular weight excluding hydrogens is 378 g/mol. The van der Waals surface area contributed by atoms with Gasteiger partial charge in [0.25, 0.3) is 0 Å². The number of nitrogens with zero attached hydrogens (tertiary/aromatic N) is 2. The molecule has 0 saturated carbocycles. The lowest BCUT2D eigenvalue weighted by Crippen LogP contribution is -2.48. The van der Waals surface area contributed by atoms with E-state index in [0.717, 1.165) is 41.9 Å². The zero-order chi connectivity index (χ0) is 17.8. The number of anilines is 2. The van der Waals surface area contributed by atoms with Gasteiger partial charge in [-0.2, -0.15) is 0 Å². The number of rotatable bonds is 4. The minimum Gasteiger partial charge on any atom is -0.369 e. The lowest BCUT2D eigenvalue weighted by Gasteiger charge is -2.36. The number of para-hydroxylation sites is 1. The fourth-order valence-electron chi connectivity index (χ4n) is 3.19. The van der Waals surface area contributed by atoms with Crippen LogP contribution in [0.4, 0.5) is 11.4 Å². The molecule has 132 valence electrons. The van der Waals surface area contributed by atoms with Crippen LogP contribution in [0.3, 0.4) is 0 Å². The first-order valence-corrected chi connectivity index (χ1v) is 9.41. The third kappa shape index (κ3) is 4.61. The van der Waals surface area contributed by atoms with Crippen molar-refractivity contribution in [2.75, 3.05) is 42.9 Å². The van der Waals surface area contributed by atoms with Crippen molar-refractivity contribution in [2.24, 2.45) is 0 Å². The third-order valence-corrected chi connectivity index (χ3v) is 5.53. The number of hydrogen-bond acceptors (Lipinski definition) is 3. The average molecular weight is 402 g/mol.